The maximum Gasteiger partial charge on any atom is 0.423 e. The molecule has 9 heteroatoms. The van der Waals surface area contributed by atoms with E-state index in [1.165, 1.54) is 0 Å². The number of aromatic nitrogens is 5. The third-order valence-electron chi connectivity index (χ3n) is 4.79. The van der Waals surface area contributed by atoms with E-state index < -0.39 is 11.3 Å². The molecule has 0 aliphatic heterocycles. The first-order chi connectivity index (χ1) is 14.0. The van der Waals surface area contributed by atoms with Gasteiger partial charge in [-0.3, -0.25) is 0 Å². The maximum atomic E-state index is 11.8. The third-order valence-corrected chi connectivity index (χ3v) is 4.79. The van der Waals surface area contributed by atoms with Crippen molar-refractivity contribution >= 4 is 22.2 Å². The summed E-state index contributed by atoms with van der Waals surface area (Å²) in [6, 6.07) is 9.78. The van der Waals surface area contributed by atoms with E-state index >= 15 is 0 Å². The second kappa shape index (κ2) is 6.26. The molecule has 29 heavy (non-hydrogen) atoms. The number of rotatable bonds is 3. The van der Waals surface area contributed by atoms with Gasteiger partial charge in [0, 0.05) is 30.9 Å². The number of nitrogens with zero attached hydrogens (tertiary/aromatic N) is 5. The van der Waals surface area contributed by atoms with Crippen molar-refractivity contribution in [1.82, 2.24) is 24.5 Å². The summed E-state index contributed by atoms with van der Waals surface area (Å²) in [5, 5.41) is 7.99. The van der Waals surface area contributed by atoms with E-state index in [4.69, 9.17) is 8.83 Å². The van der Waals surface area contributed by atoms with Gasteiger partial charge in [0.15, 0.2) is 11.1 Å². The Morgan fingerprint density at radius 1 is 1.03 bits per heavy atom. The fraction of sp³-hybridized carbons (Fsp3) is 0.150. The molecule has 2 aromatic carbocycles. The molecule has 0 N–H and O–H groups in total. The highest BCUT2D eigenvalue weighted by atomic mass is 16.5. The molecule has 0 bridgehead atoms. The summed E-state index contributed by atoms with van der Waals surface area (Å²) in [4.78, 5) is 27.7. The molecular weight excluding hydrogens is 374 g/mol. The SMILES string of the molecule is Cc1cn(-c2ccc(Cc3cc4c(nnn4C)c4oc(=O)c(=O)oc34)cc2)cn1. The molecule has 144 valence electrons. The Bertz CT molecular complexity index is 1490. The third kappa shape index (κ3) is 2.83. The van der Waals surface area contributed by atoms with Crippen LogP contribution in [0.15, 0.2) is 61.3 Å². The van der Waals surface area contributed by atoms with Crippen LogP contribution in [0.1, 0.15) is 16.8 Å². The second-order valence-corrected chi connectivity index (χ2v) is 6.82. The van der Waals surface area contributed by atoms with E-state index in [0.29, 0.717) is 23.0 Å². The van der Waals surface area contributed by atoms with Crippen molar-refractivity contribution in [3.63, 3.8) is 0 Å². The van der Waals surface area contributed by atoms with Gasteiger partial charge in [0.25, 0.3) is 0 Å². The zero-order valence-electron chi connectivity index (χ0n) is 15.6. The highest BCUT2D eigenvalue weighted by Gasteiger charge is 2.18. The van der Waals surface area contributed by atoms with Crippen LogP contribution in [0.5, 0.6) is 0 Å². The summed E-state index contributed by atoms with van der Waals surface area (Å²) in [5.74, 6) is 0. The lowest BCUT2D eigenvalue weighted by Crippen LogP contribution is -2.21. The lowest BCUT2D eigenvalue weighted by atomic mass is 10.0. The quantitative estimate of drug-likeness (QED) is 0.435. The first kappa shape index (κ1) is 17.1. The van der Waals surface area contributed by atoms with Crippen LogP contribution in [0.3, 0.4) is 0 Å². The molecule has 0 saturated heterocycles. The summed E-state index contributed by atoms with van der Waals surface area (Å²) >= 11 is 0. The molecule has 5 rings (SSSR count). The molecule has 0 fully saturated rings. The lowest BCUT2D eigenvalue weighted by Gasteiger charge is -2.07. The maximum absolute atomic E-state index is 11.8. The number of imidazole rings is 1. The smallest absolute Gasteiger partial charge is 0.414 e. The monoisotopic (exact) mass is 389 g/mol. The van der Waals surface area contributed by atoms with Crippen molar-refractivity contribution < 1.29 is 8.83 Å². The van der Waals surface area contributed by atoms with Crippen LogP contribution in [0.4, 0.5) is 0 Å². The van der Waals surface area contributed by atoms with Crippen LogP contribution in [0.25, 0.3) is 27.9 Å². The molecule has 0 radical (unpaired) electrons. The standard InChI is InChI=1S/C20H15N5O4/c1-11-9-25(10-21-11)14-5-3-12(4-6-14)7-13-8-15-16(22-23-24(15)2)18-17(13)28-19(26)20(27)29-18/h3-6,8-10H,7H2,1-2H3. The minimum Gasteiger partial charge on any atom is -0.414 e. The van der Waals surface area contributed by atoms with Crippen LogP contribution in [-0.4, -0.2) is 24.5 Å². The van der Waals surface area contributed by atoms with E-state index in [0.717, 1.165) is 16.9 Å². The van der Waals surface area contributed by atoms with Crippen molar-refractivity contribution in [2.45, 2.75) is 13.3 Å². The zero-order valence-corrected chi connectivity index (χ0v) is 15.6. The molecule has 0 atom stereocenters. The van der Waals surface area contributed by atoms with Gasteiger partial charge in [-0.15, -0.1) is 5.10 Å². The summed E-state index contributed by atoms with van der Waals surface area (Å²) in [6.45, 7) is 1.94. The normalized spacial score (nSPS) is 11.5. The fourth-order valence-corrected chi connectivity index (χ4v) is 3.35. The highest BCUT2D eigenvalue weighted by Crippen LogP contribution is 2.27. The van der Waals surface area contributed by atoms with E-state index in [9.17, 15) is 9.59 Å². The van der Waals surface area contributed by atoms with Gasteiger partial charge < -0.3 is 13.4 Å². The van der Waals surface area contributed by atoms with E-state index in [1.807, 2.05) is 48.0 Å². The van der Waals surface area contributed by atoms with Crippen LogP contribution >= 0.6 is 0 Å². The Labute approximate surface area is 162 Å². The Hall–Kier alpha value is -4.01. The van der Waals surface area contributed by atoms with Crippen LogP contribution in [0, 0.1) is 6.92 Å². The van der Waals surface area contributed by atoms with Crippen molar-refractivity contribution in [2.75, 3.05) is 0 Å². The van der Waals surface area contributed by atoms with Gasteiger partial charge in [-0.2, -0.15) is 0 Å². The Kier molecular flexibility index (Phi) is 3.70. The van der Waals surface area contributed by atoms with E-state index in [2.05, 4.69) is 15.3 Å². The van der Waals surface area contributed by atoms with E-state index in [-0.39, 0.29) is 11.2 Å². The first-order valence-corrected chi connectivity index (χ1v) is 8.89. The molecule has 0 aliphatic carbocycles. The predicted octanol–water partition coefficient (Wildman–Crippen LogP) is 2.11. The Morgan fingerprint density at radius 2 is 1.76 bits per heavy atom. The predicted molar refractivity (Wildman–Crippen MR) is 104 cm³/mol. The van der Waals surface area contributed by atoms with Crippen LogP contribution in [0.2, 0.25) is 0 Å². The van der Waals surface area contributed by atoms with Crippen molar-refractivity contribution in [1.29, 1.82) is 0 Å². The Morgan fingerprint density at radius 3 is 2.45 bits per heavy atom. The fourth-order valence-electron chi connectivity index (χ4n) is 3.35. The van der Waals surface area contributed by atoms with Gasteiger partial charge in [0.05, 0.1) is 17.5 Å². The molecule has 3 heterocycles. The van der Waals surface area contributed by atoms with Crippen molar-refractivity contribution in [3.8, 4) is 5.69 Å². The molecule has 0 spiro atoms. The summed E-state index contributed by atoms with van der Waals surface area (Å²) in [6.07, 6.45) is 4.18. The van der Waals surface area contributed by atoms with Crippen molar-refractivity contribution in [3.05, 3.63) is 80.5 Å². The largest absolute Gasteiger partial charge is 0.423 e. The number of benzene rings is 2. The van der Waals surface area contributed by atoms with Crippen LogP contribution < -0.4 is 11.3 Å². The van der Waals surface area contributed by atoms with Gasteiger partial charge in [0.1, 0.15) is 0 Å². The van der Waals surface area contributed by atoms with Crippen LogP contribution in [-0.2, 0) is 13.5 Å². The number of hydrogen-bond donors (Lipinski definition) is 0. The van der Waals surface area contributed by atoms with Gasteiger partial charge in [-0.25, -0.2) is 19.3 Å². The number of aryl methyl sites for hydroxylation is 2. The van der Waals surface area contributed by atoms with Crippen molar-refractivity contribution in [2.24, 2.45) is 7.05 Å². The zero-order chi connectivity index (χ0) is 20.1. The minimum atomic E-state index is -1.07. The van der Waals surface area contributed by atoms with Gasteiger partial charge >= 0.3 is 11.3 Å². The Balaban J connectivity index is 1.62. The topological polar surface area (TPSA) is 109 Å². The minimum absolute atomic E-state index is 0.126. The average Bonchev–Trinajstić information content (AvgIpc) is 3.30. The summed E-state index contributed by atoms with van der Waals surface area (Å²) < 4.78 is 14.0. The molecule has 0 aliphatic rings. The van der Waals surface area contributed by atoms with Gasteiger partial charge in [-0.05, 0) is 30.7 Å². The van der Waals surface area contributed by atoms with Gasteiger partial charge in [-0.1, -0.05) is 17.3 Å². The molecular formula is C20H15N5O4. The highest BCUT2D eigenvalue weighted by molar-refractivity contribution is 5.99. The van der Waals surface area contributed by atoms with E-state index in [1.54, 1.807) is 18.1 Å². The molecule has 0 amide bonds. The average molecular weight is 389 g/mol. The molecule has 5 aromatic rings. The summed E-state index contributed by atoms with van der Waals surface area (Å²) in [5.41, 5.74) is 2.89. The molecule has 0 unspecified atom stereocenters. The number of fused-ring (bicyclic) bond motifs is 3. The lowest BCUT2D eigenvalue weighted by molar-refractivity contribution is 0.449. The molecule has 9 nitrogen and oxygen atoms in total. The molecule has 3 aromatic heterocycles. The molecule has 0 saturated carbocycles. The second-order valence-electron chi connectivity index (χ2n) is 6.82. The first-order valence-electron chi connectivity index (χ1n) is 8.89. The number of hydrogen-bond acceptors (Lipinski definition) is 7. The van der Waals surface area contributed by atoms with Gasteiger partial charge in [0.2, 0.25) is 5.58 Å². The summed E-state index contributed by atoms with van der Waals surface area (Å²) in [7, 11) is 1.74.